The van der Waals surface area contributed by atoms with Gasteiger partial charge in [-0.25, -0.2) is 8.42 Å². The standard InChI is InChI=1S/C21H24N2O4S/c1-27-20-11-9-17(14-19(20)23-12-4-7-21(23)24)22-28(25,26)18-10-8-15-5-2-3-6-16(15)13-18/h8-11,13-14,22H,2-7,12H2,1H3. The number of hydrogen-bond donors (Lipinski definition) is 1. The van der Waals surface area contributed by atoms with Gasteiger partial charge in [0, 0.05) is 13.0 Å². The zero-order chi connectivity index (χ0) is 19.7. The number of sulfonamides is 1. The highest BCUT2D eigenvalue weighted by atomic mass is 32.2. The third kappa shape index (κ3) is 3.58. The van der Waals surface area contributed by atoms with Gasteiger partial charge in [0.25, 0.3) is 10.0 Å². The molecular weight excluding hydrogens is 376 g/mol. The maximum atomic E-state index is 12.9. The first-order chi connectivity index (χ1) is 13.5. The lowest BCUT2D eigenvalue weighted by Gasteiger charge is -2.20. The van der Waals surface area contributed by atoms with Crippen molar-refractivity contribution >= 4 is 27.3 Å². The summed E-state index contributed by atoms with van der Waals surface area (Å²) in [6.45, 7) is 0.607. The quantitative estimate of drug-likeness (QED) is 0.833. The molecule has 1 saturated heterocycles. The highest BCUT2D eigenvalue weighted by Gasteiger charge is 2.25. The minimum Gasteiger partial charge on any atom is -0.495 e. The number of ether oxygens (including phenoxy) is 1. The van der Waals surface area contributed by atoms with Crippen LogP contribution in [0.3, 0.4) is 0 Å². The fourth-order valence-corrected chi connectivity index (χ4v) is 5.06. The number of aryl methyl sites for hydroxylation is 2. The van der Waals surface area contributed by atoms with Gasteiger partial charge in [-0.05, 0) is 73.6 Å². The summed E-state index contributed by atoms with van der Waals surface area (Å²) >= 11 is 0. The predicted molar refractivity (Wildman–Crippen MR) is 108 cm³/mol. The van der Waals surface area contributed by atoms with Crippen LogP contribution in [0.5, 0.6) is 5.75 Å². The van der Waals surface area contributed by atoms with E-state index in [-0.39, 0.29) is 10.8 Å². The third-order valence-corrected chi connectivity index (χ3v) is 6.80. The van der Waals surface area contributed by atoms with Crippen LogP contribution in [0.15, 0.2) is 41.3 Å². The Morgan fingerprint density at radius 2 is 1.75 bits per heavy atom. The summed E-state index contributed by atoms with van der Waals surface area (Å²) in [7, 11) is -2.18. The molecule has 148 valence electrons. The van der Waals surface area contributed by atoms with Crippen molar-refractivity contribution in [3.63, 3.8) is 0 Å². The molecule has 1 fully saturated rings. The first kappa shape index (κ1) is 18.8. The summed E-state index contributed by atoms with van der Waals surface area (Å²) in [5.74, 6) is 0.569. The van der Waals surface area contributed by atoms with E-state index in [9.17, 15) is 13.2 Å². The number of anilines is 2. The van der Waals surface area contributed by atoms with Crippen LogP contribution in [0.25, 0.3) is 0 Å². The summed E-state index contributed by atoms with van der Waals surface area (Å²) in [4.78, 5) is 14.0. The minimum absolute atomic E-state index is 0.0213. The second kappa shape index (κ2) is 7.47. The summed E-state index contributed by atoms with van der Waals surface area (Å²) < 4.78 is 33.8. The molecule has 0 saturated carbocycles. The first-order valence-electron chi connectivity index (χ1n) is 9.61. The molecule has 4 rings (SSSR count). The molecule has 0 radical (unpaired) electrons. The number of carbonyl (C=O) groups excluding carboxylic acids is 1. The van der Waals surface area contributed by atoms with E-state index in [1.807, 2.05) is 6.07 Å². The number of methoxy groups -OCH3 is 1. The SMILES string of the molecule is COc1ccc(NS(=O)(=O)c2ccc3c(c2)CCCC3)cc1N1CCCC1=O. The lowest BCUT2D eigenvalue weighted by Crippen LogP contribution is -2.24. The normalized spacial score (nSPS) is 16.8. The van der Waals surface area contributed by atoms with E-state index < -0.39 is 10.0 Å². The van der Waals surface area contributed by atoms with E-state index in [2.05, 4.69) is 4.72 Å². The van der Waals surface area contributed by atoms with Crippen LogP contribution >= 0.6 is 0 Å². The van der Waals surface area contributed by atoms with E-state index in [1.165, 1.54) is 12.7 Å². The van der Waals surface area contributed by atoms with Crippen molar-refractivity contribution in [2.75, 3.05) is 23.3 Å². The van der Waals surface area contributed by atoms with Gasteiger partial charge in [-0.15, -0.1) is 0 Å². The third-order valence-electron chi connectivity index (χ3n) is 5.43. The lowest BCUT2D eigenvalue weighted by atomic mass is 9.92. The Kier molecular flexibility index (Phi) is 5.02. The monoisotopic (exact) mass is 400 g/mol. The topological polar surface area (TPSA) is 75.7 Å². The van der Waals surface area contributed by atoms with Gasteiger partial charge in [0.15, 0.2) is 0 Å². The van der Waals surface area contributed by atoms with E-state index in [0.29, 0.717) is 30.1 Å². The molecule has 1 N–H and O–H groups in total. The van der Waals surface area contributed by atoms with Gasteiger partial charge in [-0.3, -0.25) is 9.52 Å². The highest BCUT2D eigenvalue weighted by molar-refractivity contribution is 7.92. The molecule has 6 nitrogen and oxygen atoms in total. The molecule has 0 aromatic heterocycles. The molecule has 0 bridgehead atoms. The average molecular weight is 401 g/mol. The largest absolute Gasteiger partial charge is 0.495 e. The number of hydrogen-bond acceptors (Lipinski definition) is 4. The molecule has 2 aromatic rings. The predicted octanol–water partition coefficient (Wildman–Crippen LogP) is 3.50. The number of benzene rings is 2. The average Bonchev–Trinajstić information content (AvgIpc) is 3.13. The number of amides is 1. The first-order valence-corrected chi connectivity index (χ1v) is 11.1. The summed E-state index contributed by atoms with van der Waals surface area (Å²) in [6.07, 6.45) is 5.45. The van der Waals surface area contributed by atoms with Gasteiger partial charge in [0.05, 0.1) is 23.4 Å². The van der Waals surface area contributed by atoms with Crippen molar-refractivity contribution < 1.29 is 17.9 Å². The van der Waals surface area contributed by atoms with E-state index in [4.69, 9.17) is 4.74 Å². The Morgan fingerprint density at radius 3 is 2.46 bits per heavy atom. The van der Waals surface area contributed by atoms with E-state index >= 15 is 0 Å². The Hall–Kier alpha value is -2.54. The molecule has 1 heterocycles. The molecule has 1 amide bonds. The summed E-state index contributed by atoms with van der Waals surface area (Å²) in [5, 5.41) is 0. The summed E-state index contributed by atoms with van der Waals surface area (Å²) in [5.41, 5.74) is 3.36. The second-order valence-electron chi connectivity index (χ2n) is 7.28. The number of fused-ring (bicyclic) bond motifs is 1. The van der Waals surface area contributed by atoms with Crippen LogP contribution < -0.4 is 14.4 Å². The number of nitrogens with zero attached hydrogens (tertiary/aromatic N) is 1. The molecule has 7 heteroatoms. The Morgan fingerprint density at radius 1 is 0.964 bits per heavy atom. The number of carbonyl (C=O) groups is 1. The van der Waals surface area contributed by atoms with Crippen LogP contribution in [0.2, 0.25) is 0 Å². The van der Waals surface area contributed by atoms with E-state index in [0.717, 1.165) is 37.7 Å². The lowest BCUT2D eigenvalue weighted by molar-refractivity contribution is -0.117. The van der Waals surface area contributed by atoms with Crippen molar-refractivity contribution in [3.8, 4) is 5.75 Å². The molecule has 0 unspecified atom stereocenters. The van der Waals surface area contributed by atoms with Crippen molar-refractivity contribution in [2.24, 2.45) is 0 Å². The molecule has 2 aromatic carbocycles. The molecule has 2 aliphatic rings. The molecule has 28 heavy (non-hydrogen) atoms. The van der Waals surface area contributed by atoms with Crippen molar-refractivity contribution in [1.29, 1.82) is 0 Å². The van der Waals surface area contributed by atoms with Gasteiger partial charge in [0.1, 0.15) is 5.75 Å². The Balaban J connectivity index is 1.64. The summed E-state index contributed by atoms with van der Waals surface area (Å²) in [6, 6.07) is 10.4. The van der Waals surface area contributed by atoms with Crippen molar-refractivity contribution in [3.05, 3.63) is 47.5 Å². The van der Waals surface area contributed by atoms with E-state index in [1.54, 1.807) is 35.2 Å². The van der Waals surface area contributed by atoms with Gasteiger partial charge < -0.3 is 9.64 Å². The van der Waals surface area contributed by atoms with Crippen LogP contribution in [0.1, 0.15) is 36.8 Å². The van der Waals surface area contributed by atoms with Crippen molar-refractivity contribution in [2.45, 2.75) is 43.4 Å². The second-order valence-corrected chi connectivity index (χ2v) is 8.96. The number of rotatable bonds is 5. The van der Waals surface area contributed by atoms with Gasteiger partial charge in [-0.2, -0.15) is 0 Å². The van der Waals surface area contributed by atoms with Crippen LogP contribution in [0, 0.1) is 0 Å². The smallest absolute Gasteiger partial charge is 0.261 e. The number of nitrogens with one attached hydrogen (secondary N) is 1. The molecular formula is C21H24N2O4S. The van der Waals surface area contributed by atoms with Gasteiger partial charge in [0.2, 0.25) is 5.91 Å². The fraction of sp³-hybridized carbons (Fsp3) is 0.381. The zero-order valence-corrected chi connectivity index (χ0v) is 16.7. The van der Waals surface area contributed by atoms with Gasteiger partial charge in [-0.1, -0.05) is 6.07 Å². The van der Waals surface area contributed by atoms with Crippen LogP contribution in [-0.4, -0.2) is 28.0 Å². The maximum Gasteiger partial charge on any atom is 0.261 e. The van der Waals surface area contributed by atoms with Gasteiger partial charge >= 0.3 is 0 Å². The molecule has 0 spiro atoms. The molecule has 0 atom stereocenters. The Bertz CT molecular complexity index is 1020. The molecule has 1 aliphatic heterocycles. The van der Waals surface area contributed by atoms with Crippen LogP contribution in [0.4, 0.5) is 11.4 Å². The van der Waals surface area contributed by atoms with Crippen molar-refractivity contribution in [1.82, 2.24) is 0 Å². The Labute approximate surface area is 165 Å². The fourth-order valence-electron chi connectivity index (χ4n) is 3.96. The highest BCUT2D eigenvalue weighted by Crippen LogP contribution is 2.35. The zero-order valence-electron chi connectivity index (χ0n) is 15.9. The van der Waals surface area contributed by atoms with Crippen LogP contribution in [-0.2, 0) is 27.7 Å². The minimum atomic E-state index is -3.71. The molecule has 1 aliphatic carbocycles. The maximum absolute atomic E-state index is 12.9.